The standard InChI is InChI=1S/C16H22BrFN2O2/c17-12-9-13(16(21)14(18)10-12)15(11-1-7-22-8-2-11)20-5-3-19-4-6-20/h9-11,15,19,21H,1-8H2/t15-/m1/s1. The van der Waals surface area contributed by atoms with Crippen LogP contribution in [0.2, 0.25) is 0 Å². The minimum atomic E-state index is -0.559. The quantitative estimate of drug-likeness (QED) is 0.855. The second kappa shape index (κ2) is 7.25. The maximum absolute atomic E-state index is 14.0. The molecule has 0 radical (unpaired) electrons. The van der Waals surface area contributed by atoms with Gasteiger partial charge in [0.25, 0.3) is 0 Å². The molecular weight excluding hydrogens is 351 g/mol. The van der Waals surface area contributed by atoms with Crippen LogP contribution in [0.1, 0.15) is 24.4 Å². The Bertz CT molecular complexity index is 499. The Kier molecular flexibility index (Phi) is 5.33. The van der Waals surface area contributed by atoms with Gasteiger partial charge in [-0.3, -0.25) is 4.90 Å². The van der Waals surface area contributed by atoms with Gasteiger partial charge in [-0.15, -0.1) is 0 Å². The average Bonchev–Trinajstić information content (AvgIpc) is 2.54. The van der Waals surface area contributed by atoms with Crippen LogP contribution in [-0.2, 0) is 4.74 Å². The van der Waals surface area contributed by atoms with Crippen LogP contribution in [0.15, 0.2) is 16.6 Å². The van der Waals surface area contributed by atoms with E-state index in [1.54, 1.807) is 0 Å². The fourth-order valence-corrected chi connectivity index (χ4v) is 4.00. The van der Waals surface area contributed by atoms with Crippen LogP contribution in [0.25, 0.3) is 0 Å². The summed E-state index contributed by atoms with van der Waals surface area (Å²) in [5.74, 6) is -0.388. The molecule has 0 unspecified atom stereocenters. The van der Waals surface area contributed by atoms with E-state index in [2.05, 4.69) is 26.1 Å². The number of phenolic OH excluding ortho intramolecular Hbond substituents is 1. The maximum atomic E-state index is 14.0. The molecule has 2 fully saturated rings. The Balaban J connectivity index is 1.96. The number of hydrogen-bond donors (Lipinski definition) is 2. The molecule has 2 aliphatic heterocycles. The van der Waals surface area contributed by atoms with E-state index in [9.17, 15) is 9.50 Å². The third kappa shape index (κ3) is 3.45. The lowest BCUT2D eigenvalue weighted by molar-refractivity contribution is 0.0205. The first-order chi connectivity index (χ1) is 10.7. The number of benzene rings is 1. The van der Waals surface area contributed by atoms with Crippen molar-refractivity contribution in [1.29, 1.82) is 0 Å². The number of piperazine rings is 1. The molecule has 122 valence electrons. The molecule has 3 rings (SSSR count). The summed E-state index contributed by atoms with van der Waals surface area (Å²) < 4.78 is 20.1. The molecule has 2 heterocycles. The summed E-state index contributed by atoms with van der Waals surface area (Å²) in [5, 5.41) is 13.6. The highest BCUT2D eigenvalue weighted by Gasteiger charge is 2.33. The Hall–Kier alpha value is -0.690. The molecule has 0 bridgehead atoms. The van der Waals surface area contributed by atoms with Gasteiger partial charge in [0.2, 0.25) is 0 Å². The zero-order valence-corrected chi connectivity index (χ0v) is 14.1. The predicted molar refractivity (Wildman–Crippen MR) is 86.5 cm³/mol. The fourth-order valence-electron chi connectivity index (χ4n) is 3.55. The van der Waals surface area contributed by atoms with Crippen molar-refractivity contribution in [3.05, 3.63) is 28.0 Å². The van der Waals surface area contributed by atoms with Gasteiger partial charge < -0.3 is 15.2 Å². The van der Waals surface area contributed by atoms with Crippen molar-refractivity contribution in [1.82, 2.24) is 10.2 Å². The molecule has 2 N–H and O–H groups in total. The van der Waals surface area contributed by atoms with E-state index in [1.807, 2.05) is 6.07 Å². The molecule has 22 heavy (non-hydrogen) atoms. The summed E-state index contributed by atoms with van der Waals surface area (Å²) in [6.45, 7) is 5.16. The summed E-state index contributed by atoms with van der Waals surface area (Å²) in [7, 11) is 0. The maximum Gasteiger partial charge on any atom is 0.166 e. The van der Waals surface area contributed by atoms with Crippen LogP contribution in [0, 0.1) is 11.7 Å². The Morgan fingerprint density at radius 3 is 2.64 bits per heavy atom. The number of nitrogens with one attached hydrogen (secondary N) is 1. The number of aromatic hydroxyl groups is 1. The summed E-state index contributed by atoms with van der Waals surface area (Å²) >= 11 is 3.36. The monoisotopic (exact) mass is 372 g/mol. The smallest absolute Gasteiger partial charge is 0.166 e. The number of nitrogens with zero attached hydrogens (tertiary/aromatic N) is 1. The van der Waals surface area contributed by atoms with Gasteiger partial charge in [-0.1, -0.05) is 15.9 Å². The number of rotatable bonds is 3. The molecule has 6 heteroatoms. The number of phenols is 1. The summed E-state index contributed by atoms with van der Waals surface area (Å²) in [5.41, 5.74) is 0.695. The molecule has 0 spiro atoms. The number of ether oxygens (including phenoxy) is 1. The van der Waals surface area contributed by atoms with Crippen molar-refractivity contribution >= 4 is 15.9 Å². The molecule has 1 aromatic rings. The van der Waals surface area contributed by atoms with Crippen molar-refractivity contribution in [2.24, 2.45) is 5.92 Å². The Morgan fingerprint density at radius 1 is 1.27 bits per heavy atom. The lowest BCUT2D eigenvalue weighted by Crippen LogP contribution is -2.47. The molecule has 2 aliphatic rings. The van der Waals surface area contributed by atoms with Gasteiger partial charge in [0.1, 0.15) is 0 Å². The molecule has 1 aromatic carbocycles. The second-order valence-electron chi connectivity index (χ2n) is 6.01. The topological polar surface area (TPSA) is 44.7 Å². The number of hydrogen-bond acceptors (Lipinski definition) is 4. The van der Waals surface area contributed by atoms with Crippen molar-refractivity contribution in [2.45, 2.75) is 18.9 Å². The third-order valence-corrected chi connectivity index (χ3v) is 5.09. The molecular formula is C16H22BrFN2O2. The first-order valence-electron chi connectivity index (χ1n) is 7.87. The largest absolute Gasteiger partial charge is 0.505 e. The number of halogens is 2. The predicted octanol–water partition coefficient (Wildman–Crippen LogP) is 2.67. The first kappa shape index (κ1) is 16.2. The van der Waals surface area contributed by atoms with Crippen molar-refractivity contribution in [2.75, 3.05) is 39.4 Å². The normalized spacial score (nSPS) is 22.6. The van der Waals surface area contributed by atoms with Crippen molar-refractivity contribution in [3.8, 4) is 5.75 Å². The van der Waals surface area contributed by atoms with Gasteiger partial charge in [-0.05, 0) is 30.9 Å². The van der Waals surface area contributed by atoms with Crippen molar-refractivity contribution in [3.63, 3.8) is 0 Å². The van der Waals surface area contributed by atoms with Crippen LogP contribution < -0.4 is 5.32 Å². The third-order valence-electron chi connectivity index (χ3n) is 4.63. The highest BCUT2D eigenvalue weighted by atomic mass is 79.9. The lowest BCUT2D eigenvalue weighted by Gasteiger charge is -2.41. The highest BCUT2D eigenvalue weighted by molar-refractivity contribution is 9.10. The van der Waals surface area contributed by atoms with E-state index in [1.165, 1.54) is 6.07 Å². The molecule has 4 nitrogen and oxygen atoms in total. The first-order valence-corrected chi connectivity index (χ1v) is 8.66. The molecule has 2 saturated heterocycles. The van der Waals surface area contributed by atoms with E-state index >= 15 is 0 Å². The van der Waals surface area contributed by atoms with E-state index in [0.29, 0.717) is 16.0 Å². The van der Waals surface area contributed by atoms with Crippen LogP contribution >= 0.6 is 15.9 Å². The minimum Gasteiger partial charge on any atom is -0.505 e. The summed E-state index contributed by atoms with van der Waals surface area (Å²) in [6, 6.07) is 3.22. The summed E-state index contributed by atoms with van der Waals surface area (Å²) in [6.07, 6.45) is 1.89. The SMILES string of the molecule is Oc1c(F)cc(Br)cc1[C@@H](C1CCOCC1)N1CCNCC1. The van der Waals surface area contributed by atoms with Gasteiger partial charge in [-0.2, -0.15) is 0 Å². The van der Waals surface area contributed by atoms with E-state index in [0.717, 1.165) is 52.2 Å². The summed E-state index contributed by atoms with van der Waals surface area (Å²) in [4.78, 5) is 2.37. The molecule has 0 aromatic heterocycles. The van der Waals surface area contributed by atoms with E-state index in [4.69, 9.17) is 4.74 Å². The highest BCUT2D eigenvalue weighted by Crippen LogP contribution is 2.41. The van der Waals surface area contributed by atoms with Crippen LogP contribution in [-0.4, -0.2) is 49.4 Å². The second-order valence-corrected chi connectivity index (χ2v) is 6.92. The van der Waals surface area contributed by atoms with Gasteiger partial charge >= 0.3 is 0 Å². The molecule has 0 saturated carbocycles. The lowest BCUT2D eigenvalue weighted by atomic mass is 9.85. The Labute approximate surface area is 138 Å². The van der Waals surface area contributed by atoms with Crippen LogP contribution in [0.4, 0.5) is 4.39 Å². The van der Waals surface area contributed by atoms with E-state index < -0.39 is 5.82 Å². The Morgan fingerprint density at radius 2 is 1.95 bits per heavy atom. The zero-order valence-electron chi connectivity index (χ0n) is 12.5. The average molecular weight is 373 g/mol. The van der Waals surface area contributed by atoms with E-state index in [-0.39, 0.29) is 11.8 Å². The van der Waals surface area contributed by atoms with Crippen LogP contribution in [0.5, 0.6) is 5.75 Å². The molecule has 0 amide bonds. The fraction of sp³-hybridized carbons (Fsp3) is 0.625. The van der Waals surface area contributed by atoms with Gasteiger partial charge in [0.15, 0.2) is 11.6 Å². The van der Waals surface area contributed by atoms with Crippen LogP contribution in [0.3, 0.4) is 0 Å². The molecule has 0 aliphatic carbocycles. The van der Waals surface area contributed by atoms with Gasteiger partial charge in [0, 0.05) is 55.5 Å². The zero-order chi connectivity index (χ0) is 15.5. The van der Waals surface area contributed by atoms with Gasteiger partial charge in [0.05, 0.1) is 0 Å². The van der Waals surface area contributed by atoms with Gasteiger partial charge in [-0.25, -0.2) is 4.39 Å². The molecule has 1 atom stereocenters. The van der Waals surface area contributed by atoms with Crippen molar-refractivity contribution < 1.29 is 14.2 Å². The minimum absolute atomic E-state index is 0.0398.